The van der Waals surface area contributed by atoms with E-state index in [0.29, 0.717) is 35.5 Å². The fraction of sp³-hybridized carbons (Fsp3) is 0.310. The van der Waals surface area contributed by atoms with Gasteiger partial charge in [0.15, 0.2) is 11.5 Å². The van der Waals surface area contributed by atoms with E-state index in [1.807, 2.05) is 25.5 Å². The number of hydrogen-bond donors (Lipinski definition) is 2. The molecule has 4 rings (SSSR count). The van der Waals surface area contributed by atoms with Crippen molar-refractivity contribution in [1.82, 2.24) is 9.44 Å². The molecule has 1 aliphatic rings. The molecular weight excluding hydrogens is 663 g/mol. The number of aryl methyl sites for hydroxylation is 1. The predicted molar refractivity (Wildman–Crippen MR) is 166 cm³/mol. The number of carbonyl (C=O) groups is 2. The van der Waals surface area contributed by atoms with Gasteiger partial charge in [-0.2, -0.15) is 0 Å². The van der Waals surface area contributed by atoms with Crippen LogP contribution in [-0.4, -0.2) is 144 Å². The van der Waals surface area contributed by atoms with Crippen LogP contribution in [0.15, 0.2) is 65.6 Å². The van der Waals surface area contributed by atoms with Gasteiger partial charge in [0.05, 0.1) is 11.2 Å². The van der Waals surface area contributed by atoms with Crippen molar-refractivity contribution in [2.75, 3.05) is 13.0 Å². The maximum atomic E-state index is 13.6. The van der Waals surface area contributed by atoms with Crippen LogP contribution in [0.5, 0.6) is 17.2 Å². The van der Waals surface area contributed by atoms with E-state index in [-0.39, 0.29) is 132 Å². The van der Waals surface area contributed by atoms with Gasteiger partial charge in [-0.25, -0.2) is 26.3 Å². The van der Waals surface area contributed by atoms with Crippen LogP contribution in [0.4, 0.5) is 0 Å². The Kier molecular flexibility index (Phi) is 15.1. The van der Waals surface area contributed by atoms with Crippen LogP contribution in [-0.2, 0) is 31.3 Å². The molecule has 0 fully saturated rings. The third-order valence-electron chi connectivity index (χ3n) is 6.39. The second kappa shape index (κ2) is 16.8. The number of ether oxygens (including phenoxy) is 3. The molecule has 2 radical (unpaired) electrons. The van der Waals surface area contributed by atoms with Crippen LogP contribution in [0.25, 0.3) is 0 Å². The molecule has 3 aromatic carbocycles. The molecule has 1 aliphatic heterocycles. The zero-order valence-electron chi connectivity index (χ0n) is 25.5. The molecule has 44 heavy (non-hydrogen) atoms. The standard InChI is InChI=1S/C29H32N2O9S2.2K/c1-5-6-20-15-22(28(32)30-41(4,34)35)10-13-24(20)40-27(21-9-14-25-26(16-21)39-17-38-25)29(33)31-42(36,37)23-11-7-19(8-12-23)18(2)3;;/h7-16,18,27H,5-6,17H2,1-4H3,(H,30,32)(H,31,33);;. The van der Waals surface area contributed by atoms with E-state index in [4.69, 9.17) is 14.2 Å². The van der Waals surface area contributed by atoms with Gasteiger partial charge in [-0.15, -0.1) is 0 Å². The van der Waals surface area contributed by atoms with Crippen molar-refractivity contribution >= 4 is 135 Å². The van der Waals surface area contributed by atoms with Gasteiger partial charge in [-0.3, -0.25) is 9.59 Å². The van der Waals surface area contributed by atoms with Gasteiger partial charge >= 0.3 is 0 Å². The zero-order chi connectivity index (χ0) is 30.7. The maximum Gasteiger partial charge on any atom is 0.279 e. The van der Waals surface area contributed by atoms with E-state index in [1.165, 1.54) is 36.4 Å². The third-order valence-corrected chi connectivity index (χ3v) is 8.31. The van der Waals surface area contributed by atoms with Crippen molar-refractivity contribution in [3.63, 3.8) is 0 Å². The van der Waals surface area contributed by atoms with Gasteiger partial charge < -0.3 is 14.2 Å². The van der Waals surface area contributed by atoms with Crippen molar-refractivity contribution in [2.24, 2.45) is 0 Å². The first-order valence-corrected chi connectivity index (χ1v) is 16.5. The molecule has 0 aromatic heterocycles. The van der Waals surface area contributed by atoms with Crippen LogP contribution in [0.1, 0.15) is 66.3 Å². The third kappa shape index (κ3) is 10.3. The Hall–Kier alpha value is -0.827. The average Bonchev–Trinajstić information content (AvgIpc) is 3.39. The van der Waals surface area contributed by atoms with Crippen LogP contribution in [0.2, 0.25) is 0 Å². The Labute approximate surface area is 343 Å². The van der Waals surface area contributed by atoms with E-state index in [0.717, 1.165) is 11.8 Å². The number of fused-ring (bicyclic) bond motifs is 1. The van der Waals surface area contributed by atoms with Gasteiger partial charge in [-0.05, 0) is 65.9 Å². The molecule has 1 atom stereocenters. The molecule has 1 unspecified atom stereocenters. The van der Waals surface area contributed by atoms with Crippen LogP contribution < -0.4 is 23.7 Å². The zero-order valence-corrected chi connectivity index (χ0v) is 33.4. The number of carbonyl (C=O) groups excluding carboxylic acids is 2. The summed E-state index contributed by atoms with van der Waals surface area (Å²) >= 11 is 0. The predicted octanol–water partition coefficient (Wildman–Crippen LogP) is 3.04. The fourth-order valence-corrected chi connectivity index (χ4v) is 5.72. The van der Waals surface area contributed by atoms with Gasteiger partial charge in [0.1, 0.15) is 5.75 Å². The summed E-state index contributed by atoms with van der Waals surface area (Å²) in [4.78, 5) is 26.0. The van der Waals surface area contributed by atoms with E-state index in [2.05, 4.69) is 4.72 Å². The Morgan fingerprint density at radius 3 is 2.11 bits per heavy atom. The summed E-state index contributed by atoms with van der Waals surface area (Å²) in [5.41, 5.74) is 1.83. The Morgan fingerprint density at radius 2 is 1.50 bits per heavy atom. The second-order valence-corrected chi connectivity index (χ2v) is 13.5. The second-order valence-electron chi connectivity index (χ2n) is 10.1. The average molecular weight is 695 g/mol. The molecule has 0 saturated heterocycles. The molecule has 1 heterocycles. The molecular formula is C29H32K2N2O9S2. The fourth-order valence-electron chi connectivity index (χ4n) is 4.28. The topological polar surface area (TPSA) is 154 Å². The van der Waals surface area contributed by atoms with Crippen LogP contribution in [0.3, 0.4) is 0 Å². The summed E-state index contributed by atoms with van der Waals surface area (Å²) in [5, 5.41) is 0. The molecule has 2 amide bonds. The number of sulfonamides is 2. The summed E-state index contributed by atoms with van der Waals surface area (Å²) in [6.45, 7) is 5.85. The largest absolute Gasteiger partial charge is 0.475 e. The maximum absolute atomic E-state index is 13.6. The first-order chi connectivity index (χ1) is 19.8. The number of hydrogen-bond acceptors (Lipinski definition) is 9. The molecule has 0 aliphatic carbocycles. The van der Waals surface area contributed by atoms with Crippen molar-refractivity contribution in [1.29, 1.82) is 0 Å². The van der Waals surface area contributed by atoms with E-state index >= 15 is 0 Å². The van der Waals surface area contributed by atoms with E-state index in [9.17, 15) is 26.4 Å². The normalized spacial score (nSPS) is 12.8. The summed E-state index contributed by atoms with van der Waals surface area (Å²) < 4.78 is 70.4. The minimum atomic E-state index is -4.26. The summed E-state index contributed by atoms with van der Waals surface area (Å²) in [7, 11) is -8.05. The minimum absolute atomic E-state index is 0. The molecule has 226 valence electrons. The number of rotatable bonds is 11. The van der Waals surface area contributed by atoms with Crippen LogP contribution in [0, 0.1) is 0 Å². The van der Waals surface area contributed by atoms with Crippen LogP contribution >= 0.6 is 0 Å². The quantitative estimate of drug-likeness (QED) is 0.289. The first kappa shape index (κ1) is 39.4. The summed E-state index contributed by atoms with van der Waals surface area (Å²) in [6.07, 6.45) is 0.479. The smallest absolute Gasteiger partial charge is 0.279 e. The first-order valence-electron chi connectivity index (χ1n) is 13.1. The summed E-state index contributed by atoms with van der Waals surface area (Å²) in [5.74, 6) is -0.541. The van der Waals surface area contributed by atoms with Gasteiger partial charge in [0.25, 0.3) is 21.8 Å². The Balaban J connectivity index is 0.00000337. The summed E-state index contributed by atoms with van der Waals surface area (Å²) in [6, 6.07) is 15.2. The Morgan fingerprint density at radius 1 is 0.864 bits per heavy atom. The SMILES string of the molecule is CCCc1cc(C(=O)NS(C)(=O)=O)ccc1OC(C(=O)NS(=O)(=O)c1ccc(C(C)C)cc1)c1ccc2c(c1)OCO2.[K].[K]. The van der Waals surface area contributed by atoms with Crippen molar-refractivity contribution in [3.05, 3.63) is 82.9 Å². The van der Waals surface area contributed by atoms with Crippen molar-refractivity contribution < 1.29 is 40.6 Å². The molecule has 0 saturated carbocycles. The van der Waals surface area contributed by atoms with E-state index in [1.54, 1.807) is 24.3 Å². The molecule has 0 bridgehead atoms. The Bertz CT molecular complexity index is 1710. The van der Waals surface area contributed by atoms with Gasteiger partial charge in [0, 0.05) is 114 Å². The number of amides is 2. The molecule has 3 aromatic rings. The molecule has 11 nitrogen and oxygen atoms in total. The van der Waals surface area contributed by atoms with Gasteiger partial charge in [-0.1, -0.05) is 45.4 Å². The molecule has 2 N–H and O–H groups in total. The molecule has 0 spiro atoms. The molecule has 15 heteroatoms. The van der Waals surface area contributed by atoms with Crippen molar-refractivity contribution in [2.45, 2.75) is 50.5 Å². The van der Waals surface area contributed by atoms with Gasteiger partial charge in [0.2, 0.25) is 22.9 Å². The minimum Gasteiger partial charge on any atom is -0.475 e. The van der Waals surface area contributed by atoms with E-state index < -0.39 is 38.0 Å². The van der Waals surface area contributed by atoms with Crippen molar-refractivity contribution in [3.8, 4) is 17.2 Å². The number of benzene rings is 3. The monoisotopic (exact) mass is 694 g/mol. The number of nitrogens with one attached hydrogen (secondary N) is 2.